The Labute approximate surface area is 295 Å². The summed E-state index contributed by atoms with van der Waals surface area (Å²) >= 11 is 0. The van der Waals surface area contributed by atoms with Crippen LogP contribution in [0.2, 0.25) is 0 Å². The van der Waals surface area contributed by atoms with Gasteiger partial charge in [-0.15, -0.1) is 6.58 Å². The molecule has 0 unspecified atom stereocenters. The van der Waals surface area contributed by atoms with Crippen LogP contribution in [0.25, 0.3) is 0 Å². The van der Waals surface area contributed by atoms with Crippen LogP contribution in [0.3, 0.4) is 0 Å². The van der Waals surface area contributed by atoms with Gasteiger partial charge in [0.1, 0.15) is 6.61 Å². The first-order valence-corrected chi connectivity index (χ1v) is 18.0. The number of ether oxygens (including phenoxy) is 13. The lowest BCUT2D eigenvalue weighted by atomic mass is 10.1. The molecule has 14 nitrogen and oxygen atoms in total. The van der Waals surface area contributed by atoms with Crippen molar-refractivity contribution in [2.45, 2.75) is 45.4 Å². The van der Waals surface area contributed by atoms with Crippen molar-refractivity contribution in [2.75, 3.05) is 165 Å². The summed E-state index contributed by atoms with van der Waals surface area (Å²) < 4.78 is 70.3. The predicted molar refractivity (Wildman–Crippen MR) is 184 cm³/mol. The maximum absolute atomic E-state index is 11.6. The number of carbonyl (C=O) groups is 1. The molecule has 0 N–H and O–H groups in total. The molecule has 0 saturated heterocycles. The standard InChI is InChI=1S/C35H68O14/c1-3-5-6-7-8-9-35(36)49-34-33-48-32-31-47-30-29-46-28-27-45-26-25-44-24-23-43-22-21-42-20-19-41-18-17-40-16-15-39-14-13-38-12-11-37-10-4-2/h4H,2-3,5-34H2,1H3. The number of unbranched alkanes of at least 4 members (excludes halogenated alkanes) is 4. The Bertz CT molecular complexity index is 643. The largest absolute Gasteiger partial charge is 0.463 e. The maximum atomic E-state index is 11.6. The molecule has 0 saturated carbocycles. The summed E-state index contributed by atoms with van der Waals surface area (Å²) in [6.45, 7) is 18.1. The molecule has 0 atom stereocenters. The topological polar surface area (TPSA) is 137 Å². The van der Waals surface area contributed by atoms with E-state index >= 15 is 0 Å². The third-order valence-electron chi connectivity index (χ3n) is 6.30. The molecule has 0 aliphatic heterocycles. The second-order valence-corrected chi connectivity index (χ2v) is 10.5. The van der Waals surface area contributed by atoms with Gasteiger partial charge in [0.2, 0.25) is 0 Å². The van der Waals surface area contributed by atoms with Crippen LogP contribution >= 0.6 is 0 Å². The molecule has 14 heteroatoms. The molecule has 0 aliphatic carbocycles. The van der Waals surface area contributed by atoms with E-state index in [2.05, 4.69) is 13.5 Å². The summed E-state index contributed by atoms with van der Waals surface area (Å²) in [4.78, 5) is 11.6. The molecule has 0 spiro atoms. The summed E-state index contributed by atoms with van der Waals surface area (Å²) in [6, 6.07) is 0. The van der Waals surface area contributed by atoms with E-state index in [0.29, 0.717) is 165 Å². The van der Waals surface area contributed by atoms with Crippen LogP contribution in [0.5, 0.6) is 0 Å². The second kappa shape index (κ2) is 44.8. The highest BCUT2D eigenvalue weighted by Crippen LogP contribution is 2.05. The van der Waals surface area contributed by atoms with Gasteiger partial charge in [-0.2, -0.15) is 0 Å². The molecule has 0 fully saturated rings. The SMILES string of the molecule is C=CCOCCOCCOCCOCCOCCOCCOCCOCCOCCOCCOCCOCCOC(=O)CCCCCCC. The molecule has 0 heterocycles. The second-order valence-electron chi connectivity index (χ2n) is 10.5. The van der Waals surface area contributed by atoms with Gasteiger partial charge in [0, 0.05) is 6.42 Å². The van der Waals surface area contributed by atoms with Gasteiger partial charge in [0.25, 0.3) is 0 Å². The fourth-order valence-corrected chi connectivity index (χ4v) is 3.75. The molecule has 0 aromatic rings. The first-order chi connectivity index (χ1) is 24.3. The fraction of sp³-hybridized carbons (Fsp3) is 0.914. The molecule has 0 radical (unpaired) electrons. The van der Waals surface area contributed by atoms with E-state index < -0.39 is 0 Å². The number of hydrogen-bond acceptors (Lipinski definition) is 14. The van der Waals surface area contributed by atoms with E-state index in [4.69, 9.17) is 61.6 Å². The molecule has 0 aromatic heterocycles. The number of rotatable bonds is 44. The third-order valence-corrected chi connectivity index (χ3v) is 6.30. The van der Waals surface area contributed by atoms with E-state index in [1.165, 1.54) is 19.3 Å². The quantitative estimate of drug-likeness (QED) is 0.0519. The number of hydrogen-bond donors (Lipinski definition) is 0. The van der Waals surface area contributed by atoms with Crippen molar-refractivity contribution in [3.05, 3.63) is 12.7 Å². The minimum Gasteiger partial charge on any atom is -0.463 e. The van der Waals surface area contributed by atoms with Crippen molar-refractivity contribution < 1.29 is 66.4 Å². The molecule has 49 heavy (non-hydrogen) atoms. The van der Waals surface area contributed by atoms with Crippen LogP contribution < -0.4 is 0 Å². The molecular formula is C35H68O14. The lowest BCUT2D eigenvalue weighted by molar-refractivity contribution is -0.145. The molecule has 0 rings (SSSR count). The first-order valence-electron chi connectivity index (χ1n) is 18.0. The van der Waals surface area contributed by atoms with Crippen molar-refractivity contribution in [3.8, 4) is 0 Å². The first kappa shape index (κ1) is 47.7. The van der Waals surface area contributed by atoms with E-state index in [1.54, 1.807) is 6.08 Å². The van der Waals surface area contributed by atoms with Gasteiger partial charge < -0.3 is 61.6 Å². The van der Waals surface area contributed by atoms with E-state index in [9.17, 15) is 4.79 Å². The van der Waals surface area contributed by atoms with Gasteiger partial charge in [-0.1, -0.05) is 38.7 Å². The van der Waals surface area contributed by atoms with Gasteiger partial charge in [0.15, 0.2) is 0 Å². The molecule has 0 aromatic carbocycles. The van der Waals surface area contributed by atoms with Gasteiger partial charge >= 0.3 is 5.97 Å². The normalized spacial score (nSPS) is 11.4. The van der Waals surface area contributed by atoms with Crippen LogP contribution in [-0.4, -0.2) is 171 Å². The predicted octanol–water partition coefficient (Wildman–Crippen LogP) is 3.28. The monoisotopic (exact) mass is 712 g/mol. The van der Waals surface area contributed by atoms with Crippen molar-refractivity contribution in [1.82, 2.24) is 0 Å². The number of carbonyl (C=O) groups excluding carboxylic acids is 1. The smallest absolute Gasteiger partial charge is 0.305 e. The summed E-state index contributed by atoms with van der Waals surface area (Å²) in [6.07, 6.45) is 7.78. The van der Waals surface area contributed by atoms with E-state index in [0.717, 1.165) is 12.8 Å². The zero-order valence-corrected chi connectivity index (χ0v) is 30.4. The third kappa shape index (κ3) is 44.7. The minimum absolute atomic E-state index is 0.148. The fourth-order valence-electron chi connectivity index (χ4n) is 3.75. The molecular weight excluding hydrogens is 644 g/mol. The van der Waals surface area contributed by atoms with Crippen LogP contribution in [0.15, 0.2) is 12.7 Å². The summed E-state index contributed by atoms with van der Waals surface area (Å²) in [5.74, 6) is -0.148. The molecule has 0 amide bonds. The average Bonchev–Trinajstić information content (AvgIpc) is 3.11. The lowest BCUT2D eigenvalue weighted by Gasteiger charge is -2.09. The molecule has 0 aliphatic rings. The van der Waals surface area contributed by atoms with E-state index in [-0.39, 0.29) is 12.6 Å². The van der Waals surface area contributed by atoms with Gasteiger partial charge in [0.05, 0.1) is 159 Å². The zero-order chi connectivity index (χ0) is 35.4. The summed E-state index contributed by atoms with van der Waals surface area (Å²) in [5.41, 5.74) is 0. The summed E-state index contributed by atoms with van der Waals surface area (Å²) in [7, 11) is 0. The van der Waals surface area contributed by atoms with Crippen molar-refractivity contribution >= 4 is 5.97 Å². The highest BCUT2D eigenvalue weighted by molar-refractivity contribution is 5.69. The molecule has 292 valence electrons. The highest BCUT2D eigenvalue weighted by Gasteiger charge is 2.02. The Morgan fingerprint density at radius 2 is 0.653 bits per heavy atom. The zero-order valence-electron chi connectivity index (χ0n) is 30.4. The molecule has 0 bridgehead atoms. The van der Waals surface area contributed by atoms with Crippen molar-refractivity contribution in [3.63, 3.8) is 0 Å². The Morgan fingerprint density at radius 3 is 0.939 bits per heavy atom. The lowest BCUT2D eigenvalue weighted by Crippen LogP contribution is -2.15. The average molecular weight is 713 g/mol. The Hall–Kier alpha value is -1.27. The van der Waals surface area contributed by atoms with Crippen LogP contribution in [-0.2, 0) is 66.4 Å². The Morgan fingerprint density at radius 1 is 0.388 bits per heavy atom. The van der Waals surface area contributed by atoms with Crippen molar-refractivity contribution in [1.29, 1.82) is 0 Å². The van der Waals surface area contributed by atoms with E-state index in [1.807, 2.05) is 0 Å². The summed E-state index contributed by atoms with van der Waals surface area (Å²) in [5, 5.41) is 0. The van der Waals surface area contributed by atoms with Gasteiger partial charge in [-0.05, 0) is 6.42 Å². The van der Waals surface area contributed by atoms with Crippen LogP contribution in [0.4, 0.5) is 0 Å². The van der Waals surface area contributed by atoms with Crippen molar-refractivity contribution in [2.24, 2.45) is 0 Å². The Kier molecular flexibility index (Phi) is 43.6. The minimum atomic E-state index is -0.148. The van der Waals surface area contributed by atoms with Gasteiger partial charge in [-0.3, -0.25) is 4.79 Å². The Balaban J connectivity index is 3.08. The van der Waals surface area contributed by atoms with Crippen LogP contribution in [0, 0.1) is 0 Å². The van der Waals surface area contributed by atoms with Crippen LogP contribution in [0.1, 0.15) is 45.4 Å². The van der Waals surface area contributed by atoms with Gasteiger partial charge in [-0.25, -0.2) is 0 Å². The highest BCUT2D eigenvalue weighted by atomic mass is 16.6. The number of esters is 1. The maximum Gasteiger partial charge on any atom is 0.305 e.